The smallest absolute Gasteiger partial charge is 0.339 e. The van der Waals surface area contributed by atoms with Gasteiger partial charge in [-0.15, -0.1) is 10.2 Å². The number of rotatable bonds is 5. The van der Waals surface area contributed by atoms with E-state index in [9.17, 15) is 9.59 Å². The number of nitrogens with zero attached hydrogens (tertiary/aromatic N) is 6. The third-order valence-corrected chi connectivity index (χ3v) is 5.00. The second-order valence-corrected chi connectivity index (χ2v) is 6.90. The summed E-state index contributed by atoms with van der Waals surface area (Å²) in [5.41, 5.74) is 0.777. The highest BCUT2D eigenvalue weighted by Crippen LogP contribution is 2.24. The van der Waals surface area contributed by atoms with Crippen LogP contribution in [0.1, 0.15) is 23.2 Å². The van der Waals surface area contributed by atoms with Gasteiger partial charge in [0.05, 0.1) is 24.3 Å². The minimum Gasteiger partial charge on any atom is -0.465 e. The van der Waals surface area contributed by atoms with Crippen molar-refractivity contribution in [3.63, 3.8) is 0 Å². The molecule has 0 radical (unpaired) electrons. The Morgan fingerprint density at radius 3 is 2.67 bits per heavy atom. The number of hydrogen-bond donors (Lipinski definition) is 1. The van der Waals surface area contributed by atoms with Crippen molar-refractivity contribution in [2.45, 2.75) is 12.8 Å². The highest BCUT2D eigenvalue weighted by Gasteiger charge is 2.27. The van der Waals surface area contributed by atoms with Crippen molar-refractivity contribution in [2.24, 2.45) is 5.92 Å². The van der Waals surface area contributed by atoms with Crippen LogP contribution in [-0.2, 0) is 9.53 Å². The van der Waals surface area contributed by atoms with Gasteiger partial charge >= 0.3 is 5.97 Å². The van der Waals surface area contributed by atoms with E-state index in [0.29, 0.717) is 29.4 Å². The minimum absolute atomic E-state index is 0.136. The number of aromatic nitrogens is 5. The van der Waals surface area contributed by atoms with Crippen LogP contribution in [0.2, 0.25) is 0 Å². The molecular weight excluding hydrogens is 386 g/mol. The molecule has 1 unspecified atom stereocenters. The molecule has 4 rings (SSSR count). The van der Waals surface area contributed by atoms with Gasteiger partial charge in [-0.25, -0.2) is 14.5 Å². The standard InChI is InChI=1S/C20H21N7O3/c1-30-20(29)15-6-2-3-7-16(15)23-19(28)14-5-4-10-26(11-14)17-8-9-18(25-24-17)27-13-21-12-22-27/h2-3,6-9,12-14H,4-5,10-11H2,1H3,(H,23,28). The van der Waals surface area contributed by atoms with Crippen LogP contribution >= 0.6 is 0 Å². The van der Waals surface area contributed by atoms with Crippen LogP contribution in [0, 0.1) is 5.92 Å². The summed E-state index contributed by atoms with van der Waals surface area (Å²) in [6, 6.07) is 10.5. The van der Waals surface area contributed by atoms with Crippen LogP contribution in [0.3, 0.4) is 0 Å². The number of hydrogen-bond acceptors (Lipinski definition) is 8. The average Bonchev–Trinajstić information content (AvgIpc) is 3.34. The fraction of sp³-hybridized carbons (Fsp3) is 0.300. The number of piperidine rings is 1. The Morgan fingerprint density at radius 2 is 1.93 bits per heavy atom. The van der Waals surface area contributed by atoms with Crippen LogP contribution < -0.4 is 10.2 Å². The van der Waals surface area contributed by atoms with E-state index in [-0.39, 0.29) is 11.8 Å². The molecule has 154 valence electrons. The summed E-state index contributed by atoms with van der Waals surface area (Å²) in [6.07, 6.45) is 4.59. The van der Waals surface area contributed by atoms with Crippen molar-refractivity contribution in [3.05, 3.63) is 54.6 Å². The first-order chi connectivity index (χ1) is 14.7. The summed E-state index contributed by atoms with van der Waals surface area (Å²) in [7, 11) is 1.31. The van der Waals surface area contributed by atoms with E-state index in [0.717, 1.165) is 19.4 Å². The molecule has 3 aromatic rings. The predicted molar refractivity (Wildman–Crippen MR) is 108 cm³/mol. The van der Waals surface area contributed by atoms with E-state index < -0.39 is 5.97 Å². The number of amides is 1. The molecule has 0 aliphatic carbocycles. The van der Waals surface area contributed by atoms with E-state index in [1.807, 2.05) is 17.0 Å². The lowest BCUT2D eigenvalue weighted by Crippen LogP contribution is -2.41. The van der Waals surface area contributed by atoms with Gasteiger partial charge in [-0.1, -0.05) is 12.1 Å². The van der Waals surface area contributed by atoms with Gasteiger partial charge in [-0.3, -0.25) is 4.79 Å². The molecule has 1 aliphatic heterocycles. The highest BCUT2D eigenvalue weighted by molar-refractivity contribution is 6.02. The SMILES string of the molecule is COC(=O)c1ccccc1NC(=O)C1CCCN(c2ccc(-n3cncn3)nn2)C1. The fourth-order valence-electron chi connectivity index (χ4n) is 3.45. The zero-order valence-corrected chi connectivity index (χ0v) is 16.4. The third-order valence-electron chi connectivity index (χ3n) is 5.00. The van der Waals surface area contributed by atoms with Gasteiger partial charge in [0.15, 0.2) is 11.6 Å². The molecule has 1 aromatic carbocycles. The number of nitrogens with one attached hydrogen (secondary N) is 1. The molecule has 0 spiro atoms. The van der Waals surface area contributed by atoms with Crippen molar-refractivity contribution in [3.8, 4) is 5.82 Å². The molecule has 1 amide bonds. The van der Waals surface area contributed by atoms with Crippen molar-refractivity contribution in [1.29, 1.82) is 0 Å². The van der Waals surface area contributed by atoms with Gasteiger partial charge in [-0.2, -0.15) is 5.10 Å². The number of carbonyl (C=O) groups is 2. The minimum atomic E-state index is -0.487. The van der Waals surface area contributed by atoms with Crippen molar-refractivity contribution in [1.82, 2.24) is 25.0 Å². The third kappa shape index (κ3) is 4.12. The number of benzene rings is 1. The molecule has 2 aromatic heterocycles. The lowest BCUT2D eigenvalue weighted by atomic mass is 9.97. The van der Waals surface area contributed by atoms with E-state index in [1.54, 1.807) is 30.6 Å². The topological polar surface area (TPSA) is 115 Å². The van der Waals surface area contributed by atoms with Crippen molar-refractivity contribution >= 4 is 23.4 Å². The molecule has 1 saturated heterocycles. The summed E-state index contributed by atoms with van der Waals surface area (Å²) in [5.74, 6) is 0.414. The number of carbonyl (C=O) groups excluding carboxylic acids is 2. The van der Waals surface area contributed by atoms with E-state index >= 15 is 0 Å². The Kier molecular flexibility index (Phi) is 5.64. The van der Waals surface area contributed by atoms with Crippen LogP contribution in [0.15, 0.2) is 49.1 Å². The quantitative estimate of drug-likeness (QED) is 0.636. The second-order valence-electron chi connectivity index (χ2n) is 6.90. The predicted octanol–water partition coefficient (Wildman–Crippen LogP) is 1.70. The monoisotopic (exact) mass is 407 g/mol. The molecule has 1 fully saturated rings. The molecule has 0 saturated carbocycles. The lowest BCUT2D eigenvalue weighted by molar-refractivity contribution is -0.120. The average molecular weight is 407 g/mol. The molecular formula is C20H21N7O3. The summed E-state index contributed by atoms with van der Waals surface area (Å²) >= 11 is 0. The molecule has 30 heavy (non-hydrogen) atoms. The highest BCUT2D eigenvalue weighted by atomic mass is 16.5. The van der Waals surface area contributed by atoms with Gasteiger partial charge in [0.2, 0.25) is 5.91 Å². The maximum absolute atomic E-state index is 12.9. The summed E-state index contributed by atoms with van der Waals surface area (Å²) < 4.78 is 6.32. The molecule has 0 bridgehead atoms. The van der Waals surface area contributed by atoms with E-state index in [4.69, 9.17) is 4.74 Å². The summed E-state index contributed by atoms with van der Waals surface area (Å²) in [4.78, 5) is 30.7. The molecule has 10 nitrogen and oxygen atoms in total. The number of esters is 1. The Hall–Kier alpha value is -3.82. The van der Waals surface area contributed by atoms with Gasteiger partial charge in [0.1, 0.15) is 12.7 Å². The maximum Gasteiger partial charge on any atom is 0.339 e. The van der Waals surface area contributed by atoms with Crippen molar-refractivity contribution in [2.75, 3.05) is 30.4 Å². The first-order valence-electron chi connectivity index (χ1n) is 9.57. The molecule has 10 heteroatoms. The van der Waals surface area contributed by atoms with Crippen LogP contribution in [-0.4, -0.2) is 57.0 Å². The van der Waals surface area contributed by atoms with E-state index in [2.05, 4.69) is 25.6 Å². The number of methoxy groups -OCH3 is 1. The van der Waals surface area contributed by atoms with Crippen LogP contribution in [0.5, 0.6) is 0 Å². The van der Waals surface area contributed by atoms with E-state index in [1.165, 1.54) is 18.1 Å². The molecule has 3 heterocycles. The normalized spacial score (nSPS) is 16.2. The maximum atomic E-state index is 12.9. The molecule has 1 atom stereocenters. The molecule has 1 aliphatic rings. The largest absolute Gasteiger partial charge is 0.465 e. The Labute approximate surface area is 172 Å². The van der Waals surface area contributed by atoms with Gasteiger partial charge in [0.25, 0.3) is 0 Å². The first-order valence-corrected chi connectivity index (χ1v) is 9.57. The van der Waals surface area contributed by atoms with Gasteiger partial charge in [0, 0.05) is 13.1 Å². The first kappa shape index (κ1) is 19.5. The fourth-order valence-corrected chi connectivity index (χ4v) is 3.45. The Morgan fingerprint density at radius 1 is 1.13 bits per heavy atom. The van der Waals surface area contributed by atoms with Gasteiger partial charge < -0.3 is 15.0 Å². The second kappa shape index (κ2) is 8.68. The zero-order chi connectivity index (χ0) is 20.9. The number of ether oxygens (including phenoxy) is 1. The summed E-state index contributed by atoms with van der Waals surface area (Å²) in [5, 5.41) is 15.4. The number of para-hydroxylation sites is 1. The zero-order valence-electron chi connectivity index (χ0n) is 16.4. The van der Waals surface area contributed by atoms with Crippen LogP contribution in [0.25, 0.3) is 5.82 Å². The summed E-state index contributed by atoms with van der Waals surface area (Å²) in [6.45, 7) is 1.31. The molecule has 1 N–H and O–H groups in total. The van der Waals surface area contributed by atoms with Crippen molar-refractivity contribution < 1.29 is 14.3 Å². The Bertz CT molecular complexity index is 1020. The van der Waals surface area contributed by atoms with Crippen LogP contribution in [0.4, 0.5) is 11.5 Å². The lowest BCUT2D eigenvalue weighted by Gasteiger charge is -2.32. The number of anilines is 2. The van der Waals surface area contributed by atoms with Gasteiger partial charge in [-0.05, 0) is 37.1 Å². The Balaban J connectivity index is 1.44.